The summed E-state index contributed by atoms with van der Waals surface area (Å²) in [7, 11) is -3.84. The van der Waals surface area contributed by atoms with Crippen molar-refractivity contribution in [2.24, 2.45) is 5.92 Å². The van der Waals surface area contributed by atoms with E-state index in [0.717, 1.165) is 17.0 Å². The van der Waals surface area contributed by atoms with Crippen LogP contribution in [-0.2, 0) is 27.8 Å². The molecule has 32 heavy (non-hydrogen) atoms. The molecule has 0 radical (unpaired) electrons. The third-order valence-electron chi connectivity index (χ3n) is 6.16. The Kier molecular flexibility index (Phi) is 5.38. The summed E-state index contributed by atoms with van der Waals surface area (Å²) in [5, 5.41) is 1.97. The van der Waals surface area contributed by atoms with Gasteiger partial charge in [0.2, 0.25) is 5.91 Å². The van der Waals surface area contributed by atoms with Crippen LogP contribution in [0.4, 0.5) is 5.69 Å². The highest BCUT2D eigenvalue weighted by atomic mass is 32.2. The highest BCUT2D eigenvalue weighted by Gasteiger charge is 2.36. The average molecular weight is 470 g/mol. The minimum atomic E-state index is -3.84. The second-order valence-corrected chi connectivity index (χ2v) is 11.1. The summed E-state index contributed by atoms with van der Waals surface area (Å²) in [6, 6.07) is 15.3. The molecule has 1 N–H and O–H groups in total. The minimum absolute atomic E-state index is 0.0446. The van der Waals surface area contributed by atoms with Crippen LogP contribution >= 0.6 is 11.3 Å². The number of thiophene rings is 1. The second kappa shape index (κ2) is 8.22. The predicted molar refractivity (Wildman–Crippen MR) is 123 cm³/mol. The van der Waals surface area contributed by atoms with Gasteiger partial charge in [0.1, 0.15) is 5.69 Å². The van der Waals surface area contributed by atoms with Crippen molar-refractivity contribution in [3.63, 3.8) is 0 Å². The number of piperidine rings is 1. The van der Waals surface area contributed by atoms with Gasteiger partial charge in [-0.2, -0.15) is 0 Å². The zero-order valence-corrected chi connectivity index (χ0v) is 18.9. The molecule has 5 rings (SSSR count). The van der Waals surface area contributed by atoms with E-state index in [9.17, 15) is 18.0 Å². The van der Waals surface area contributed by atoms with Gasteiger partial charge in [-0.1, -0.05) is 24.3 Å². The maximum absolute atomic E-state index is 13.1. The van der Waals surface area contributed by atoms with Gasteiger partial charge in [0.25, 0.3) is 15.6 Å². The molecule has 0 saturated carbocycles. The van der Waals surface area contributed by atoms with Gasteiger partial charge >= 0.3 is 0 Å². The van der Waals surface area contributed by atoms with E-state index < -0.39 is 10.0 Å². The number of amides is 1. The fourth-order valence-corrected chi connectivity index (χ4v) is 6.48. The number of nitrogens with zero attached hydrogens (tertiary/aromatic N) is 2. The van der Waals surface area contributed by atoms with E-state index in [1.54, 1.807) is 40.2 Å². The lowest BCUT2D eigenvalue weighted by atomic mass is 9.83. The summed E-state index contributed by atoms with van der Waals surface area (Å²) in [5.74, 6) is 0.361. The molecule has 2 bridgehead atoms. The molecular weight excluding hydrogens is 446 g/mol. The van der Waals surface area contributed by atoms with Crippen LogP contribution in [0.5, 0.6) is 0 Å². The van der Waals surface area contributed by atoms with Crippen LogP contribution in [0.25, 0.3) is 0 Å². The second-order valence-electron chi connectivity index (χ2n) is 8.36. The Morgan fingerprint density at radius 2 is 1.84 bits per heavy atom. The number of rotatable bonds is 5. The van der Waals surface area contributed by atoms with Crippen molar-refractivity contribution < 1.29 is 13.2 Å². The Morgan fingerprint density at radius 1 is 1.03 bits per heavy atom. The normalized spacial score (nSPS) is 19.9. The molecule has 2 atom stereocenters. The van der Waals surface area contributed by atoms with E-state index in [2.05, 4.69) is 4.72 Å². The summed E-state index contributed by atoms with van der Waals surface area (Å²) in [4.78, 5) is 29.0. The molecule has 0 unspecified atom stereocenters. The van der Waals surface area contributed by atoms with Gasteiger partial charge in [0, 0.05) is 36.1 Å². The molecule has 2 aliphatic rings. The fourth-order valence-electron chi connectivity index (χ4n) is 4.70. The van der Waals surface area contributed by atoms with E-state index in [1.165, 1.54) is 12.1 Å². The quantitative estimate of drug-likeness (QED) is 0.622. The minimum Gasteiger partial charge on any atom is -0.341 e. The molecule has 1 aromatic carbocycles. The first-order valence-electron chi connectivity index (χ1n) is 10.5. The highest BCUT2D eigenvalue weighted by Crippen LogP contribution is 2.36. The SMILES string of the molecule is O=C(Cc1cccs1)N1C[C@@H]2C[C@H](C1)c1ccc(NS(=O)(=O)c3ccccc3)c(=O)n1C2. The Bertz CT molecular complexity index is 1300. The van der Waals surface area contributed by atoms with E-state index in [-0.39, 0.29) is 33.9 Å². The fraction of sp³-hybridized carbons (Fsp3) is 0.304. The molecule has 2 aromatic heterocycles. The van der Waals surface area contributed by atoms with Crippen molar-refractivity contribution in [2.45, 2.75) is 30.2 Å². The summed E-state index contributed by atoms with van der Waals surface area (Å²) >= 11 is 1.58. The van der Waals surface area contributed by atoms with Crippen LogP contribution in [0.3, 0.4) is 0 Å². The third kappa shape index (κ3) is 3.98. The molecule has 4 heterocycles. The maximum Gasteiger partial charge on any atom is 0.275 e. The number of carbonyl (C=O) groups is 1. The number of sulfonamides is 1. The lowest BCUT2D eigenvalue weighted by Crippen LogP contribution is -2.49. The van der Waals surface area contributed by atoms with E-state index >= 15 is 0 Å². The smallest absolute Gasteiger partial charge is 0.275 e. The summed E-state index contributed by atoms with van der Waals surface area (Å²) in [5.41, 5.74) is 0.570. The number of hydrogen-bond donors (Lipinski definition) is 1. The number of benzene rings is 1. The van der Waals surface area contributed by atoms with E-state index in [1.807, 2.05) is 28.5 Å². The summed E-state index contributed by atoms with van der Waals surface area (Å²) < 4.78 is 29.5. The van der Waals surface area contributed by atoms with Crippen molar-refractivity contribution >= 4 is 33.0 Å². The molecule has 0 spiro atoms. The number of likely N-dealkylation sites (tertiary alicyclic amines) is 1. The lowest BCUT2D eigenvalue weighted by molar-refractivity contribution is -0.133. The Morgan fingerprint density at radius 3 is 2.59 bits per heavy atom. The number of carbonyl (C=O) groups excluding carboxylic acids is 1. The Balaban J connectivity index is 1.38. The summed E-state index contributed by atoms with van der Waals surface area (Å²) in [6.07, 6.45) is 1.33. The van der Waals surface area contributed by atoms with Gasteiger partial charge in [-0.25, -0.2) is 8.42 Å². The first kappa shape index (κ1) is 21.0. The first-order chi connectivity index (χ1) is 15.4. The van der Waals surface area contributed by atoms with Gasteiger partial charge in [-0.15, -0.1) is 11.3 Å². The summed E-state index contributed by atoms with van der Waals surface area (Å²) in [6.45, 7) is 1.68. The van der Waals surface area contributed by atoms with Crippen LogP contribution in [0.1, 0.15) is 22.9 Å². The van der Waals surface area contributed by atoms with Gasteiger partial charge < -0.3 is 9.47 Å². The Labute approximate surface area is 190 Å². The largest absolute Gasteiger partial charge is 0.341 e. The van der Waals surface area contributed by atoms with Gasteiger partial charge in [0.05, 0.1) is 11.3 Å². The molecule has 7 nitrogen and oxygen atoms in total. The predicted octanol–water partition coefficient (Wildman–Crippen LogP) is 2.90. The number of aromatic nitrogens is 1. The standard InChI is InChI=1S/C23H23N3O4S2/c27-22(12-18-5-4-10-31-18)25-13-16-11-17(15-25)21-9-8-20(23(28)26(21)14-16)24-32(29,30)19-6-2-1-3-7-19/h1-10,16-17,24H,11-15H2/t16-,17+/m0/s1. The molecule has 3 aromatic rings. The van der Waals surface area contributed by atoms with Crippen molar-refractivity contribution in [3.05, 3.63) is 80.9 Å². The lowest BCUT2D eigenvalue weighted by Gasteiger charge is -2.43. The van der Waals surface area contributed by atoms with Gasteiger partial charge in [0.15, 0.2) is 0 Å². The van der Waals surface area contributed by atoms with E-state index in [0.29, 0.717) is 26.1 Å². The first-order valence-corrected chi connectivity index (χ1v) is 12.9. The number of fused-ring (bicyclic) bond motifs is 4. The zero-order valence-electron chi connectivity index (χ0n) is 17.3. The molecular formula is C23H23N3O4S2. The molecule has 1 amide bonds. The molecule has 2 aliphatic heterocycles. The zero-order chi connectivity index (χ0) is 22.3. The molecule has 166 valence electrons. The maximum atomic E-state index is 13.1. The van der Waals surface area contributed by atoms with Crippen molar-refractivity contribution in [3.8, 4) is 0 Å². The van der Waals surface area contributed by atoms with Crippen LogP contribution in [0.15, 0.2) is 69.7 Å². The number of nitrogens with one attached hydrogen (secondary N) is 1. The van der Waals surface area contributed by atoms with Crippen molar-refractivity contribution in [2.75, 3.05) is 17.8 Å². The molecule has 0 aliphatic carbocycles. The molecule has 1 fully saturated rings. The van der Waals surface area contributed by atoms with E-state index in [4.69, 9.17) is 0 Å². The number of hydrogen-bond acceptors (Lipinski definition) is 5. The monoisotopic (exact) mass is 469 g/mol. The topological polar surface area (TPSA) is 88.5 Å². The van der Waals surface area contributed by atoms with Crippen LogP contribution in [0.2, 0.25) is 0 Å². The van der Waals surface area contributed by atoms with Crippen LogP contribution in [0, 0.1) is 5.92 Å². The van der Waals surface area contributed by atoms with Gasteiger partial charge in [-0.3, -0.25) is 14.3 Å². The number of anilines is 1. The van der Waals surface area contributed by atoms with Crippen molar-refractivity contribution in [1.29, 1.82) is 0 Å². The third-order valence-corrected chi connectivity index (χ3v) is 8.42. The van der Waals surface area contributed by atoms with Crippen LogP contribution < -0.4 is 10.3 Å². The van der Waals surface area contributed by atoms with Crippen LogP contribution in [-0.4, -0.2) is 36.9 Å². The molecule has 9 heteroatoms. The van der Waals surface area contributed by atoms with Crippen molar-refractivity contribution in [1.82, 2.24) is 9.47 Å². The molecule has 1 saturated heterocycles. The van der Waals surface area contributed by atoms with Gasteiger partial charge in [-0.05, 0) is 48.1 Å². The average Bonchev–Trinajstić information content (AvgIpc) is 3.29. The highest BCUT2D eigenvalue weighted by molar-refractivity contribution is 7.92. The number of pyridine rings is 1. The Hall–Kier alpha value is -2.91.